The predicted molar refractivity (Wildman–Crippen MR) is 55.6 cm³/mol. The van der Waals surface area contributed by atoms with Crippen molar-refractivity contribution in [1.29, 1.82) is 0 Å². The van der Waals surface area contributed by atoms with Gasteiger partial charge in [0.1, 0.15) is 0 Å². The van der Waals surface area contributed by atoms with Crippen LogP contribution in [-0.2, 0) is 9.59 Å². The number of rotatable bonds is 2. The molecule has 3 N–H and O–H groups in total. The molecule has 0 unspecified atom stereocenters. The van der Waals surface area contributed by atoms with Gasteiger partial charge in [-0.25, -0.2) is 0 Å². The van der Waals surface area contributed by atoms with Crippen LogP contribution in [-0.4, -0.2) is 18.4 Å². The van der Waals surface area contributed by atoms with Crippen LogP contribution in [0.1, 0.15) is 5.56 Å². The summed E-state index contributed by atoms with van der Waals surface area (Å²) in [5, 5.41) is 2.23. The number of hydrogen-bond donors (Lipinski definition) is 2. The summed E-state index contributed by atoms with van der Waals surface area (Å²) in [4.78, 5) is 22.8. The van der Waals surface area contributed by atoms with Gasteiger partial charge < -0.3 is 5.73 Å². The van der Waals surface area contributed by atoms with Crippen molar-refractivity contribution in [3.05, 3.63) is 41.5 Å². The first-order valence-corrected chi connectivity index (χ1v) is 4.58. The second-order valence-electron chi connectivity index (χ2n) is 3.21. The van der Waals surface area contributed by atoms with E-state index >= 15 is 0 Å². The van der Waals surface area contributed by atoms with E-state index in [1.165, 1.54) is 0 Å². The molecule has 15 heavy (non-hydrogen) atoms. The predicted octanol–water partition coefficient (Wildman–Crippen LogP) is 0.0553. The molecule has 2 amide bonds. The van der Waals surface area contributed by atoms with Crippen molar-refractivity contribution in [1.82, 2.24) is 5.32 Å². The lowest BCUT2D eigenvalue weighted by Gasteiger charge is -2.00. The average molecular weight is 202 g/mol. The largest absolute Gasteiger partial charge is 0.326 e. The molecule has 1 aliphatic heterocycles. The zero-order valence-electron chi connectivity index (χ0n) is 7.99. The number of amides is 2. The van der Waals surface area contributed by atoms with Crippen molar-refractivity contribution in [2.24, 2.45) is 5.73 Å². The number of carbonyl (C=O) groups is 2. The third kappa shape index (κ3) is 1.55. The normalized spacial score (nSPS) is 15.8. The summed E-state index contributed by atoms with van der Waals surface area (Å²) in [6, 6.07) is 9.03. The topological polar surface area (TPSA) is 72.2 Å². The van der Waals surface area contributed by atoms with Crippen LogP contribution in [0.5, 0.6) is 0 Å². The molecule has 0 bridgehead atoms. The lowest BCUT2D eigenvalue weighted by molar-refractivity contribution is -0.123. The fraction of sp³-hybridized carbons (Fsp3) is 0.0909. The molecule has 1 aromatic carbocycles. The van der Waals surface area contributed by atoms with E-state index in [9.17, 15) is 9.59 Å². The Morgan fingerprint density at radius 2 is 1.73 bits per heavy atom. The maximum atomic E-state index is 11.5. The van der Waals surface area contributed by atoms with Gasteiger partial charge in [-0.3, -0.25) is 14.9 Å². The minimum atomic E-state index is -0.388. The Morgan fingerprint density at radius 1 is 1.07 bits per heavy atom. The molecule has 0 atom stereocenters. The van der Waals surface area contributed by atoms with E-state index < -0.39 is 0 Å². The first kappa shape index (κ1) is 9.61. The monoisotopic (exact) mass is 202 g/mol. The molecule has 1 aromatic rings. The molecule has 0 aromatic heterocycles. The van der Waals surface area contributed by atoms with Gasteiger partial charge >= 0.3 is 0 Å². The molecular weight excluding hydrogens is 192 g/mol. The van der Waals surface area contributed by atoms with Gasteiger partial charge in [0, 0.05) is 12.1 Å². The van der Waals surface area contributed by atoms with E-state index in [-0.39, 0.29) is 18.4 Å². The van der Waals surface area contributed by atoms with Crippen LogP contribution in [0, 0.1) is 0 Å². The first-order chi connectivity index (χ1) is 7.24. The van der Waals surface area contributed by atoms with E-state index in [0.29, 0.717) is 11.1 Å². The Balaban J connectivity index is 2.55. The summed E-state index contributed by atoms with van der Waals surface area (Å²) in [5.41, 5.74) is 6.91. The molecule has 0 fully saturated rings. The number of carbonyl (C=O) groups excluding carboxylic acids is 2. The van der Waals surface area contributed by atoms with Gasteiger partial charge in [0.25, 0.3) is 11.8 Å². The Bertz CT molecular complexity index is 449. The Morgan fingerprint density at radius 3 is 2.33 bits per heavy atom. The van der Waals surface area contributed by atoms with Crippen LogP contribution in [0.3, 0.4) is 0 Å². The summed E-state index contributed by atoms with van der Waals surface area (Å²) >= 11 is 0. The number of nitrogens with one attached hydrogen (secondary N) is 1. The Kier molecular flexibility index (Phi) is 2.35. The standard InChI is InChI=1S/C11H10N2O2/c12-6-8-9(11(15)13-10(8)14)7-4-2-1-3-5-7/h1-5H,6,12H2,(H,13,14,15). The molecule has 1 aliphatic rings. The van der Waals surface area contributed by atoms with Crippen molar-refractivity contribution >= 4 is 17.4 Å². The molecule has 4 heteroatoms. The molecule has 1 heterocycles. The summed E-state index contributed by atoms with van der Waals surface area (Å²) < 4.78 is 0. The molecule has 0 aliphatic carbocycles. The van der Waals surface area contributed by atoms with Crippen LogP contribution >= 0.6 is 0 Å². The fourth-order valence-electron chi connectivity index (χ4n) is 1.60. The number of benzene rings is 1. The quantitative estimate of drug-likeness (QED) is 0.666. The van der Waals surface area contributed by atoms with Crippen molar-refractivity contribution in [2.75, 3.05) is 6.54 Å². The zero-order valence-corrected chi connectivity index (χ0v) is 7.99. The highest BCUT2D eigenvalue weighted by atomic mass is 16.2. The van der Waals surface area contributed by atoms with Gasteiger partial charge in [-0.15, -0.1) is 0 Å². The van der Waals surface area contributed by atoms with Crippen LogP contribution in [0.4, 0.5) is 0 Å². The minimum absolute atomic E-state index is 0.0712. The maximum Gasteiger partial charge on any atom is 0.259 e. The molecule has 0 saturated heterocycles. The molecular formula is C11H10N2O2. The maximum absolute atomic E-state index is 11.5. The summed E-state index contributed by atoms with van der Waals surface area (Å²) in [7, 11) is 0. The van der Waals surface area contributed by atoms with Crippen LogP contribution < -0.4 is 11.1 Å². The molecule has 0 saturated carbocycles. The van der Waals surface area contributed by atoms with Gasteiger partial charge in [-0.1, -0.05) is 30.3 Å². The van der Waals surface area contributed by atoms with E-state index in [1.54, 1.807) is 12.1 Å². The van der Waals surface area contributed by atoms with Crippen LogP contribution in [0.25, 0.3) is 5.57 Å². The number of nitrogens with two attached hydrogens (primary N) is 1. The average Bonchev–Trinajstić information content (AvgIpc) is 2.54. The van der Waals surface area contributed by atoms with Gasteiger partial charge in [0.15, 0.2) is 0 Å². The lowest BCUT2D eigenvalue weighted by Crippen LogP contribution is -2.24. The van der Waals surface area contributed by atoms with E-state index in [1.807, 2.05) is 18.2 Å². The summed E-state index contributed by atoms with van der Waals surface area (Å²) in [6.07, 6.45) is 0. The van der Waals surface area contributed by atoms with Gasteiger partial charge in [0.05, 0.1) is 5.57 Å². The van der Waals surface area contributed by atoms with Gasteiger partial charge in [-0.2, -0.15) is 0 Å². The smallest absolute Gasteiger partial charge is 0.259 e. The first-order valence-electron chi connectivity index (χ1n) is 4.58. The van der Waals surface area contributed by atoms with E-state index in [0.717, 1.165) is 5.56 Å². The second kappa shape index (κ2) is 3.67. The minimum Gasteiger partial charge on any atom is -0.326 e. The Labute approximate surface area is 86.8 Å². The molecule has 0 radical (unpaired) electrons. The van der Waals surface area contributed by atoms with Crippen molar-refractivity contribution < 1.29 is 9.59 Å². The number of hydrogen-bond acceptors (Lipinski definition) is 3. The van der Waals surface area contributed by atoms with E-state index in [4.69, 9.17) is 5.73 Å². The van der Waals surface area contributed by atoms with Crippen LogP contribution in [0.15, 0.2) is 35.9 Å². The summed E-state index contributed by atoms with van der Waals surface area (Å²) in [5.74, 6) is -0.756. The summed E-state index contributed by atoms with van der Waals surface area (Å²) in [6.45, 7) is 0.0712. The SMILES string of the molecule is NCC1=C(c2ccccc2)C(=O)NC1=O. The zero-order chi connectivity index (χ0) is 10.8. The lowest BCUT2D eigenvalue weighted by atomic mass is 10.0. The van der Waals surface area contributed by atoms with Crippen molar-refractivity contribution in [2.45, 2.75) is 0 Å². The molecule has 2 rings (SSSR count). The van der Waals surface area contributed by atoms with E-state index in [2.05, 4.69) is 5.32 Å². The molecule has 76 valence electrons. The van der Waals surface area contributed by atoms with Crippen LogP contribution in [0.2, 0.25) is 0 Å². The van der Waals surface area contributed by atoms with Gasteiger partial charge in [-0.05, 0) is 5.56 Å². The Hall–Kier alpha value is -1.94. The van der Waals surface area contributed by atoms with Gasteiger partial charge in [0.2, 0.25) is 0 Å². The highest BCUT2D eigenvalue weighted by molar-refractivity contribution is 6.36. The third-order valence-corrected chi connectivity index (χ3v) is 2.30. The second-order valence-corrected chi connectivity index (χ2v) is 3.21. The third-order valence-electron chi connectivity index (χ3n) is 2.30. The highest BCUT2D eigenvalue weighted by Gasteiger charge is 2.29. The fourth-order valence-corrected chi connectivity index (χ4v) is 1.60. The molecule has 4 nitrogen and oxygen atoms in total. The number of imide groups is 1. The highest BCUT2D eigenvalue weighted by Crippen LogP contribution is 2.22. The molecule has 0 spiro atoms. The van der Waals surface area contributed by atoms with Crippen molar-refractivity contribution in [3.63, 3.8) is 0 Å². The van der Waals surface area contributed by atoms with Crippen molar-refractivity contribution in [3.8, 4) is 0 Å².